The maximum Gasteiger partial charge on any atom is 0.407 e. The molecular formula is C12H16N2O6. The molecule has 0 unspecified atom stereocenters. The lowest BCUT2D eigenvalue weighted by atomic mass is 10.2. The average molecular weight is 284 g/mol. The topological polar surface area (TPSA) is 139 Å². The molecule has 0 spiro atoms. The molecule has 0 bridgehead atoms. The Morgan fingerprint density at radius 2 is 1.65 bits per heavy atom. The standard InChI is InChI=1S/C10H11NO4.C2H5NO2/c12-9(13)6-11-10(14)15-7-8-4-2-1-3-5-8;3-1-2(4)5/h1-5H,6-7H2,(H,11,14)(H,12,13);1,3H2,(H,4,5). The minimum Gasteiger partial charge on any atom is -0.480 e. The van der Waals surface area contributed by atoms with Crippen LogP contribution in [0.3, 0.4) is 0 Å². The molecular weight excluding hydrogens is 268 g/mol. The number of amides is 1. The molecule has 1 amide bonds. The molecule has 5 N–H and O–H groups in total. The number of benzene rings is 1. The Kier molecular flexibility index (Phi) is 8.98. The van der Waals surface area contributed by atoms with Crippen LogP contribution in [0.1, 0.15) is 5.56 Å². The molecule has 110 valence electrons. The van der Waals surface area contributed by atoms with E-state index in [2.05, 4.69) is 11.1 Å². The summed E-state index contributed by atoms with van der Waals surface area (Å²) in [5.74, 6) is -2.07. The zero-order chi connectivity index (χ0) is 15.4. The fourth-order valence-electron chi connectivity index (χ4n) is 0.922. The van der Waals surface area contributed by atoms with Crippen LogP contribution >= 0.6 is 0 Å². The molecule has 0 heterocycles. The predicted octanol–water partition coefficient (Wildman–Crippen LogP) is 0.0271. The summed E-state index contributed by atoms with van der Waals surface area (Å²) in [5.41, 5.74) is 5.42. The van der Waals surface area contributed by atoms with Crippen LogP contribution < -0.4 is 11.1 Å². The van der Waals surface area contributed by atoms with Crippen molar-refractivity contribution in [3.8, 4) is 0 Å². The highest BCUT2D eigenvalue weighted by Gasteiger charge is 2.04. The maximum atomic E-state index is 10.9. The number of hydrogen-bond acceptors (Lipinski definition) is 5. The molecule has 8 nitrogen and oxygen atoms in total. The van der Waals surface area contributed by atoms with Crippen molar-refractivity contribution in [1.82, 2.24) is 5.32 Å². The second kappa shape index (κ2) is 10.3. The van der Waals surface area contributed by atoms with Crippen LogP contribution in [0.4, 0.5) is 4.79 Å². The van der Waals surface area contributed by atoms with Crippen LogP contribution in [0.2, 0.25) is 0 Å². The van der Waals surface area contributed by atoms with Gasteiger partial charge in [-0.15, -0.1) is 0 Å². The van der Waals surface area contributed by atoms with Gasteiger partial charge >= 0.3 is 18.0 Å². The number of nitrogens with one attached hydrogen (secondary N) is 1. The van der Waals surface area contributed by atoms with Gasteiger partial charge in [0.05, 0.1) is 6.54 Å². The summed E-state index contributed by atoms with van der Waals surface area (Å²) in [7, 11) is 0. The van der Waals surface area contributed by atoms with E-state index in [4.69, 9.17) is 14.9 Å². The molecule has 0 aromatic heterocycles. The molecule has 0 aliphatic carbocycles. The van der Waals surface area contributed by atoms with Gasteiger partial charge in [-0.2, -0.15) is 0 Å². The second-order valence-electron chi connectivity index (χ2n) is 3.41. The number of carboxylic acids is 2. The number of carbonyl (C=O) groups excluding carboxylic acids is 1. The van der Waals surface area contributed by atoms with E-state index in [1.807, 2.05) is 30.3 Å². The monoisotopic (exact) mass is 284 g/mol. The minimum absolute atomic E-state index is 0.131. The molecule has 0 atom stereocenters. The molecule has 0 aliphatic heterocycles. The van der Waals surface area contributed by atoms with E-state index in [1.165, 1.54) is 0 Å². The first kappa shape index (κ1) is 17.4. The van der Waals surface area contributed by atoms with E-state index in [1.54, 1.807) is 0 Å². The SMILES string of the molecule is NCC(=O)O.O=C(O)CNC(=O)OCc1ccccc1. The van der Waals surface area contributed by atoms with Gasteiger partial charge in [-0.3, -0.25) is 9.59 Å². The van der Waals surface area contributed by atoms with Gasteiger partial charge in [0.15, 0.2) is 0 Å². The Labute approximate surface area is 115 Å². The van der Waals surface area contributed by atoms with Crippen molar-refractivity contribution < 1.29 is 29.3 Å². The molecule has 0 fully saturated rings. The molecule has 1 aromatic rings. The molecule has 1 aromatic carbocycles. The van der Waals surface area contributed by atoms with Gasteiger partial charge in [0.1, 0.15) is 13.2 Å². The normalized spacial score (nSPS) is 8.85. The van der Waals surface area contributed by atoms with Crippen LogP contribution in [0.15, 0.2) is 30.3 Å². The van der Waals surface area contributed by atoms with E-state index >= 15 is 0 Å². The molecule has 20 heavy (non-hydrogen) atoms. The van der Waals surface area contributed by atoms with Gasteiger partial charge < -0.3 is 26.0 Å². The van der Waals surface area contributed by atoms with Crippen molar-refractivity contribution >= 4 is 18.0 Å². The van der Waals surface area contributed by atoms with Crippen LogP contribution in [0.5, 0.6) is 0 Å². The number of alkyl carbamates (subject to hydrolysis) is 1. The summed E-state index contributed by atoms with van der Waals surface area (Å²) < 4.78 is 4.77. The van der Waals surface area contributed by atoms with Crippen molar-refractivity contribution in [1.29, 1.82) is 0 Å². The lowest BCUT2D eigenvalue weighted by Crippen LogP contribution is -2.29. The highest BCUT2D eigenvalue weighted by atomic mass is 16.5. The lowest BCUT2D eigenvalue weighted by Gasteiger charge is -2.04. The van der Waals surface area contributed by atoms with Gasteiger partial charge in [0.25, 0.3) is 0 Å². The predicted molar refractivity (Wildman–Crippen MR) is 69.0 cm³/mol. The first-order chi connectivity index (χ1) is 9.45. The summed E-state index contributed by atoms with van der Waals surface area (Å²) in [6.07, 6.45) is -0.735. The van der Waals surface area contributed by atoms with Gasteiger partial charge in [-0.05, 0) is 5.56 Å². The van der Waals surface area contributed by atoms with Crippen LogP contribution in [0, 0.1) is 0 Å². The Hall–Kier alpha value is -2.61. The number of carboxylic acid groups (broad SMARTS) is 2. The third-order valence-corrected chi connectivity index (χ3v) is 1.77. The van der Waals surface area contributed by atoms with E-state index in [0.717, 1.165) is 5.56 Å². The summed E-state index contributed by atoms with van der Waals surface area (Å²) >= 11 is 0. The Balaban J connectivity index is 0.000000621. The van der Waals surface area contributed by atoms with E-state index in [0.29, 0.717) is 0 Å². The summed E-state index contributed by atoms with van der Waals surface area (Å²) in [4.78, 5) is 30.3. The quantitative estimate of drug-likeness (QED) is 0.598. The third kappa shape index (κ3) is 10.5. The summed E-state index contributed by atoms with van der Waals surface area (Å²) in [5, 5.41) is 18.0. The average Bonchev–Trinajstić information content (AvgIpc) is 2.44. The van der Waals surface area contributed by atoms with Crippen molar-refractivity contribution in [2.75, 3.05) is 13.1 Å². The smallest absolute Gasteiger partial charge is 0.407 e. The maximum absolute atomic E-state index is 10.9. The number of aliphatic carboxylic acids is 2. The van der Waals surface area contributed by atoms with Crippen molar-refractivity contribution in [2.24, 2.45) is 5.73 Å². The van der Waals surface area contributed by atoms with Gasteiger partial charge in [0, 0.05) is 0 Å². The fraction of sp³-hybridized carbons (Fsp3) is 0.250. The summed E-state index contributed by atoms with van der Waals surface area (Å²) in [6, 6.07) is 9.13. The zero-order valence-electron chi connectivity index (χ0n) is 10.6. The van der Waals surface area contributed by atoms with E-state index < -0.39 is 24.6 Å². The number of carbonyl (C=O) groups is 3. The molecule has 0 saturated heterocycles. The summed E-state index contributed by atoms with van der Waals surface area (Å²) in [6.45, 7) is -0.583. The first-order valence-electron chi connectivity index (χ1n) is 5.54. The Morgan fingerprint density at radius 3 is 2.10 bits per heavy atom. The zero-order valence-corrected chi connectivity index (χ0v) is 10.6. The van der Waals surface area contributed by atoms with Gasteiger partial charge in [0.2, 0.25) is 0 Å². The number of hydrogen-bond donors (Lipinski definition) is 4. The van der Waals surface area contributed by atoms with Crippen molar-refractivity contribution in [3.63, 3.8) is 0 Å². The highest BCUT2D eigenvalue weighted by molar-refractivity contribution is 5.76. The number of rotatable bonds is 5. The van der Waals surface area contributed by atoms with Crippen molar-refractivity contribution in [3.05, 3.63) is 35.9 Å². The van der Waals surface area contributed by atoms with Crippen LogP contribution in [-0.4, -0.2) is 41.3 Å². The molecule has 0 aliphatic rings. The molecule has 0 radical (unpaired) electrons. The number of ether oxygens (including phenoxy) is 1. The third-order valence-electron chi connectivity index (χ3n) is 1.77. The fourth-order valence-corrected chi connectivity index (χ4v) is 0.922. The van der Waals surface area contributed by atoms with Crippen LogP contribution in [-0.2, 0) is 20.9 Å². The highest BCUT2D eigenvalue weighted by Crippen LogP contribution is 2.00. The van der Waals surface area contributed by atoms with Crippen LogP contribution in [0.25, 0.3) is 0 Å². The van der Waals surface area contributed by atoms with Crippen molar-refractivity contribution in [2.45, 2.75) is 6.61 Å². The van der Waals surface area contributed by atoms with E-state index in [-0.39, 0.29) is 13.2 Å². The Morgan fingerprint density at radius 1 is 1.10 bits per heavy atom. The molecule has 1 rings (SSSR count). The molecule has 0 saturated carbocycles. The van der Waals surface area contributed by atoms with Gasteiger partial charge in [-0.1, -0.05) is 30.3 Å². The van der Waals surface area contributed by atoms with Gasteiger partial charge in [-0.25, -0.2) is 4.79 Å². The molecule has 8 heteroatoms. The largest absolute Gasteiger partial charge is 0.480 e. The second-order valence-corrected chi connectivity index (χ2v) is 3.41. The number of nitrogens with two attached hydrogens (primary N) is 1. The first-order valence-corrected chi connectivity index (χ1v) is 5.54. The lowest BCUT2D eigenvalue weighted by molar-refractivity contribution is -0.136. The van der Waals surface area contributed by atoms with E-state index in [9.17, 15) is 14.4 Å². The minimum atomic E-state index is -1.10. The Bertz CT molecular complexity index is 435.